The molecular weight excluding hydrogens is 302 g/mol. The van der Waals surface area contributed by atoms with Crippen LogP contribution in [0.1, 0.15) is 37.2 Å². The van der Waals surface area contributed by atoms with Crippen molar-refractivity contribution in [3.05, 3.63) is 42.1 Å². The third-order valence-electron chi connectivity index (χ3n) is 4.61. The van der Waals surface area contributed by atoms with Gasteiger partial charge in [0.2, 0.25) is 5.91 Å². The van der Waals surface area contributed by atoms with E-state index in [0.29, 0.717) is 6.54 Å². The maximum atomic E-state index is 12.8. The van der Waals surface area contributed by atoms with Crippen molar-refractivity contribution < 1.29 is 4.79 Å². The molecule has 0 aliphatic carbocycles. The summed E-state index contributed by atoms with van der Waals surface area (Å²) in [5.41, 5.74) is 1.17. The van der Waals surface area contributed by atoms with Gasteiger partial charge in [-0.15, -0.1) is 0 Å². The molecule has 1 saturated heterocycles. The van der Waals surface area contributed by atoms with E-state index in [2.05, 4.69) is 23.0 Å². The van der Waals surface area contributed by atoms with Crippen molar-refractivity contribution in [1.82, 2.24) is 19.4 Å². The molecule has 0 bridgehead atoms. The molecule has 2 aromatic rings. The minimum absolute atomic E-state index is 0.146. The van der Waals surface area contributed by atoms with Gasteiger partial charge >= 0.3 is 0 Å². The Morgan fingerprint density at radius 3 is 2.92 bits per heavy atom. The maximum absolute atomic E-state index is 12.8. The summed E-state index contributed by atoms with van der Waals surface area (Å²) in [5, 5.41) is 0. The first-order valence-corrected chi connectivity index (χ1v) is 8.53. The maximum Gasteiger partial charge on any atom is 0.243 e. The summed E-state index contributed by atoms with van der Waals surface area (Å²) in [5.74, 6) is 2.04. The van der Waals surface area contributed by atoms with Gasteiger partial charge in [-0.1, -0.05) is 6.92 Å². The molecule has 3 heterocycles. The lowest BCUT2D eigenvalue weighted by Gasteiger charge is -2.26. The third-order valence-corrected chi connectivity index (χ3v) is 4.61. The Morgan fingerprint density at radius 1 is 1.33 bits per heavy atom. The minimum Gasteiger partial charge on any atom is -0.363 e. The van der Waals surface area contributed by atoms with Crippen LogP contribution in [0.3, 0.4) is 0 Å². The standard InChI is InChI=1S/C18H25N5O/c1-4-16-20-9-11-22(16)13-18(24)23-10-5-6-15(23)14-7-8-19-17(12-14)21(2)3/h7-9,11-12,15H,4-6,10,13H2,1-3H3/t15-/m0/s1. The van der Waals surface area contributed by atoms with Gasteiger partial charge in [0, 0.05) is 45.7 Å². The Bertz CT molecular complexity index is 709. The average Bonchev–Trinajstić information content (AvgIpc) is 3.23. The van der Waals surface area contributed by atoms with Gasteiger partial charge in [-0.25, -0.2) is 9.97 Å². The number of nitrogens with zero attached hydrogens (tertiary/aromatic N) is 5. The molecule has 1 atom stereocenters. The smallest absolute Gasteiger partial charge is 0.243 e. The van der Waals surface area contributed by atoms with Gasteiger partial charge in [0.25, 0.3) is 0 Å². The van der Waals surface area contributed by atoms with Gasteiger partial charge in [0.1, 0.15) is 18.2 Å². The van der Waals surface area contributed by atoms with Crippen molar-refractivity contribution in [2.45, 2.75) is 38.8 Å². The number of carbonyl (C=O) groups excluding carboxylic acids is 1. The molecule has 128 valence electrons. The van der Waals surface area contributed by atoms with Gasteiger partial charge in [-0.2, -0.15) is 0 Å². The molecule has 0 aromatic carbocycles. The van der Waals surface area contributed by atoms with E-state index in [-0.39, 0.29) is 11.9 Å². The lowest BCUT2D eigenvalue weighted by Crippen LogP contribution is -2.33. The molecule has 0 saturated carbocycles. The summed E-state index contributed by atoms with van der Waals surface area (Å²) in [6.07, 6.45) is 8.36. The average molecular weight is 327 g/mol. The normalized spacial score (nSPS) is 17.3. The van der Waals surface area contributed by atoms with Gasteiger partial charge < -0.3 is 14.4 Å². The first-order valence-electron chi connectivity index (χ1n) is 8.53. The number of aromatic nitrogens is 3. The molecule has 3 rings (SSSR count). The zero-order valence-corrected chi connectivity index (χ0v) is 14.6. The van der Waals surface area contributed by atoms with Crippen LogP contribution in [-0.2, 0) is 17.8 Å². The molecule has 0 N–H and O–H groups in total. The molecule has 1 fully saturated rings. The van der Waals surface area contributed by atoms with Crippen LogP contribution < -0.4 is 4.90 Å². The van der Waals surface area contributed by atoms with E-state index in [4.69, 9.17) is 0 Å². The fraction of sp³-hybridized carbons (Fsp3) is 0.500. The van der Waals surface area contributed by atoms with E-state index in [0.717, 1.165) is 37.4 Å². The lowest BCUT2D eigenvalue weighted by atomic mass is 10.1. The van der Waals surface area contributed by atoms with E-state index in [1.807, 2.05) is 46.9 Å². The highest BCUT2D eigenvalue weighted by Gasteiger charge is 2.30. The molecule has 0 unspecified atom stereocenters. The quantitative estimate of drug-likeness (QED) is 0.845. The number of amides is 1. The largest absolute Gasteiger partial charge is 0.363 e. The summed E-state index contributed by atoms with van der Waals surface area (Å²) in [6, 6.07) is 4.26. The molecule has 2 aromatic heterocycles. The summed E-state index contributed by atoms with van der Waals surface area (Å²) in [4.78, 5) is 25.5. The van der Waals surface area contributed by atoms with Crippen molar-refractivity contribution >= 4 is 11.7 Å². The van der Waals surface area contributed by atoms with Crippen LogP contribution in [0.5, 0.6) is 0 Å². The van der Waals surface area contributed by atoms with E-state index < -0.39 is 0 Å². The molecule has 1 aliphatic rings. The van der Waals surface area contributed by atoms with Crippen LogP contribution in [0, 0.1) is 0 Å². The molecule has 0 spiro atoms. The summed E-state index contributed by atoms with van der Waals surface area (Å²) >= 11 is 0. The number of carbonyl (C=O) groups is 1. The summed E-state index contributed by atoms with van der Waals surface area (Å²) in [6.45, 7) is 3.24. The van der Waals surface area contributed by atoms with Crippen LogP contribution in [-0.4, -0.2) is 46.0 Å². The van der Waals surface area contributed by atoms with E-state index in [9.17, 15) is 4.79 Å². The number of anilines is 1. The Morgan fingerprint density at radius 2 is 2.17 bits per heavy atom. The van der Waals surface area contributed by atoms with Crippen molar-refractivity contribution in [2.24, 2.45) is 0 Å². The second kappa shape index (κ2) is 7.03. The number of imidazole rings is 1. The Labute approximate surface area is 143 Å². The van der Waals surface area contributed by atoms with E-state index in [1.54, 1.807) is 6.20 Å². The van der Waals surface area contributed by atoms with Gasteiger partial charge in [0.15, 0.2) is 0 Å². The number of aryl methyl sites for hydroxylation is 1. The van der Waals surface area contributed by atoms with Crippen LogP contribution in [0.25, 0.3) is 0 Å². The van der Waals surface area contributed by atoms with Gasteiger partial charge in [-0.3, -0.25) is 4.79 Å². The SMILES string of the molecule is CCc1nccn1CC(=O)N1CCC[C@H]1c1ccnc(N(C)C)c1. The number of pyridine rings is 1. The Hall–Kier alpha value is -2.37. The summed E-state index contributed by atoms with van der Waals surface area (Å²) < 4.78 is 1.95. The fourth-order valence-electron chi connectivity index (χ4n) is 3.33. The van der Waals surface area contributed by atoms with Crippen LogP contribution in [0.15, 0.2) is 30.7 Å². The number of likely N-dealkylation sites (tertiary alicyclic amines) is 1. The highest BCUT2D eigenvalue weighted by molar-refractivity contribution is 5.77. The minimum atomic E-state index is 0.146. The molecular formula is C18H25N5O. The first kappa shape index (κ1) is 16.5. The first-order chi connectivity index (χ1) is 11.6. The molecule has 0 radical (unpaired) electrons. The molecule has 1 amide bonds. The zero-order valence-electron chi connectivity index (χ0n) is 14.6. The summed E-state index contributed by atoms with van der Waals surface area (Å²) in [7, 11) is 3.96. The van der Waals surface area contributed by atoms with Gasteiger partial charge in [0.05, 0.1) is 6.04 Å². The van der Waals surface area contributed by atoms with Crippen LogP contribution in [0.2, 0.25) is 0 Å². The fourth-order valence-corrected chi connectivity index (χ4v) is 3.33. The highest BCUT2D eigenvalue weighted by Crippen LogP contribution is 2.33. The zero-order chi connectivity index (χ0) is 17.1. The number of hydrogen-bond acceptors (Lipinski definition) is 4. The van der Waals surface area contributed by atoms with Crippen LogP contribution in [0.4, 0.5) is 5.82 Å². The predicted molar refractivity (Wildman–Crippen MR) is 93.9 cm³/mol. The highest BCUT2D eigenvalue weighted by atomic mass is 16.2. The third kappa shape index (κ3) is 3.27. The molecule has 24 heavy (non-hydrogen) atoms. The number of hydrogen-bond donors (Lipinski definition) is 0. The second-order valence-corrected chi connectivity index (χ2v) is 6.41. The van der Waals surface area contributed by atoms with Crippen LogP contribution >= 0.6 is 0 Å². The van der Waals surface area contributed by atoms with Crippen molar-refractivity contribution in [2.75, 3.05) is 25.5 Å². The molecule has 1 aliphatic heterocycles. The lowest BCUT2D eigenvalue weighted by molar-refractivity contribution is -0.132. The Kier molecular flexibility index (Phi) is 4.83. The topological polar surface area (TPSA) is 54.3 Å². The second-order valence-electron chi connectivity index (χ2n) is 6.41. The van der Waals surface area contributed by atoms with Crippen molar-refractivity contribution in [1.29, 1.82) is 0 Å². The van der Waals surface area contributed by atoms with Crippen molar-refractivity contribution in [3.8, 4) is 0 Å². The van der Waals surface area contributed by atoms with Crippen molar-refractivity contribution in [3.63, 3.8) is 0 Å². The van der Waals surface area contributed by atoms with E-state index >= 15 is 0 Å². The predicted octanol–water partition coefficient (Wildman–Crippen LogP) is 2.27. The number of rotatable bonds is 5. The van der Waals surface area contributed by atoms with Gasteiger partial charge in [-0.05, 0) is 30.5 Å². The Balaban J connectivity index is 1.78. The monoisotopic (exact) mass is 327 g/mol. The molecule has 6 heteroatoms. The molecule has 6 nitrogen and oxygen atoms in total. The van der Waals surface area contributed by atoms with E-state index in [1.165, 1.54) is 5.56 Å².